The van der Waals surface area contributed by atoms with Gasteiger partial charge in [0.1, 0.15) is 0 Å². The molecule has 1 fully saturated rings. The van der Waals surface area contributed by atoms with Gasteiger partial charge in [0, 0.05) is 5.92 Å². The molecule has 0 heterocycles. The maximum absolute atomic E-state index is 12.2. The molecule has 2 aromatic rings. The van der Waals surface area contributed by atoms with E-state index in [2.05, 4.69) is 17.4 Å². The number of amides is 1. The fourth-order valence-corrected chi connectivity index (χ4v) is 2.57. The van der Waals surface area contributed by atoms with E-state index in [4.69, 9.17) is 5.73 Å². The molecule has 1 saturated carbocycles. The zero-order chi connectivity index (χ0) is 14.1. The number of nitrogen functional groups attached to an aromatic ring is 1. The van der Waals surface area contributed by atoms with E-state index in [-0.39, 0.29) is 11.8 Å². The molecule has 2 atom stereocenters. The molecule has 1 aliphatic rings. The van der Waals surface area contributed by atoms with Gasteiger partial charge in [0.2, 0.25) is 5.91 Å². The molecule has 20 heavy (non-hydrogen) atoms. The molecule has 0 spiro atoms. The van der Waals surface area contributed by atoms with Crippen LogP contribution in [0.25, 0.3) is 0 Å². The predicted octanol–water partition coefficient (Wildman–Crippen LogP) is 3.32. The van der Waals surface area contributed by atoms with Crippen LogP contribution in [0, 0.1) is 12.8 Å². The summed E-state index contributed by atoms with van der Waals surface area (Å²) in [4.78, 5) is 12.2. The number of carbonyl (C=O) groups is 1. The molecule has 1 aliphatic carbocycles. The first-order chi connectivity index (χ1) is 9.65. The second-order valence-electron chi connectivity index (χ2n) is 5.44. The second kappa shape index (κ2) is 5.00. The molecule has 3 N–H and O–H groups in total. The van der Waals surface area contributed by atoms with Gasteiger partial charge >= 0.3 is 0 Å². The predicted molar refractivity (Wildman–Crippen MR) is 81.5 cm³/mol. The summed E-state index contributed by atoms with van der Waals surface area (Å²) in [6.07, 6.45) is 0.918. The van der Waals surface area contributed by atoms with Crippen molar-refractivity contribution < 1.29 is 4.79 Å². The van der Waals surface area contributed by atoms with Gasteiger partial charge in [0.25, 0.3) is 0 Å². The van der Waals surface area contributed by atoms with Crippen molar-refractivity contribution in [2.45, 2.75) is 19.3 Å². The highest BCUT2D eigenvalue weighted by Crippen LogP contribution is 2.48. The third-order valence-corrected chi connectivity index (χ3v) is 3.82. The van der Waals surface area contributed by atoms with Gasteiger partial charge in [0.05, 0.1) is 11.4 Å². The lowest BCUT2D eigenvalue weighted by molar-refractivity contribution is -0.117. The van der Waals surface area contributed by atoms with E-state index in [0.29, 0.717) is 17.3 Å². The molecular weight excluding hydrogens is 248 g/mol. The summed E-state index contributed by atoms with van der Waals surface area (Å²) in [7, 11) is 0. The molecule has 3 rings (SSSR count). The molecule has 0 saturated heterocycles. The van der Waals surface area contributed by atoms with E-state index >= 15 is 0 Å². The number of nitrogens with one attached hydrogen (secondary N) is 1. The van der Waals surface area contributed by atoms with Crippen LogP contribution in [-0.4, -0.2) is 5.91 Å². The molecule has 0 radical (unpaired) electrons. The molecule has 0 aliphatic heterocycles. The number of carbonyl (C=O) groups excluding carboxylic acids is 1. The van der Waals surface area contributed by atoms with E-state index in [0.717, 1.165) is 12.0 Å². The van der Waals surface area contributed by atoms with E-state index in [1.807, 2.05) is 43.3 Å². The Bertz CT molecular complexity index is 637. The van der Waals surface area contributed by atoms with Crippen molar-refractivity contribution in [2.24, 2.45) is 5.92 Å². The summed E-state index contributed by atoms with van der Waals surface area (Å²) in [6, 6.07) is 15.9. The van der Waals surface area contributed by atoms with Gasteiger partial charge in [-0.2, -0.15) is 0 Å². The molecule has 3 nitrogen and oxygen atoms in total. The molecule has 102 valence electrons. The first kappa shape index (κ1) is 12.7. The summed E-state index contributed by atoms with van der Waals surface area (Å²) >= 11 is 0. The minimum Gasteiger partial charge on any atom is -0.397 e. The van der Waals surface area contributed by atoms with Gasteiger partial charge in [-0.15, -0.1) is 0 Å². The molecule has 1 amide bonds. The highest BCUT2D eigenvalue weighted by atomic mass is 16.2. The van der Waals surface area contributed by atoms with Crippen LogP contribution in [0.3, 0.4) is 0 Å². The van der Waals surface area contributed by atoms with Gasteiger partial charge < -0.3 is 11.1 Å². The lowest BCUT2D eigenvalue weighted by atomic mass is 10.1. The van der Waals surface area contributed by atoms with E-state index < -0.39 is 0 Å². The summed E-state index contributed by atoms with van der Waals surface area (Å²) in [5, 5.41) is 2.94. The third-order valence-electron chi connectivity index (χ3n) is 3.82. The Morgan fingerprint density at radius 2 is 1.95 bits per heavy atom. The van der Waals surface area contributed by atoms with Crippen LogP contribution < -0.4 is 11.1 Å². The Labute approximate surface area is 118 Å². The SMILES string of the molecule is Cc1ccc(NC(=O)C2CC2c2ccccc2)c(N)c1. The third kappa shape index (κ3) is 2.52. The molecule has 0 bridgehead atoms. The average molecular weight is 266 g/mol. The Morgan fingerprint density at radius 1 is 1.20 bits per heavy atom. The smallest absolute Gasteiger partial charge is 0.228 e. The van der Waals surface area contributed by atoms with E-state index in [1.165, 1.54) is 5.56 Å². The first-order valence-electron chi connectivity index (χ1n) is 6.87. The zero-order valence-electron chi connectivity index (χ0n) is 11.5. The Balaban J connectivity index is 1.67. The molecule has 0 aromatic heterocycles. The molecule has 3 heteroatoms. The normalized spacial score (nSPS) is 20.4. The number of rotatable bonds is 3. The zero-order valence-corrected chi connectivity index (χ0v) is 11.5. The van der Waals surface area contributed by atoms with Crippen molar-refractivity contribution in [2.75, 3.05) is 11.1 Å². The van der Waals surface area contributed by atoms with Gasteiger partial charge in [0.15, 0.2) is 0 Å². The fraction of sp³-hybridized carbons (Fsp3) is 0.235. The number of benzene rings is 2. The van der Waals surface area contributed by atoms with Crippen LogP contribution in [-0.2, 0) is 4.79 Å². The monoisotopic (exact) mass is 266 g/mol. The van der Waals surface area contributed by atoms with Crippen molar-refractivity contribution in [1.82, 2.24) is 0 Å². The van der Waals surface area contributed by atoms with Gasteiger partial charge in [-0.25, -0.2) is 0 Å². The minimum atomic E-state index is 0.0643. The maximum atomic E-state index is 12.2. The van der Waals surface area contributed by atoms with Crippen molar-refractivity contribution >= 4 is 17.3 Å². The topological polar surface area (TPSA) is 55.1 Å². The van der Waals surface area contributed by atoms with Crippen molar-refractivity contribution in [3.63, 3.8) is 0 Å². The summed E-state index contributed by atoms with van der Waals surface area (Å²) in [6.45, 7) is 1.98. The highest BCUT2D eigenvalue weighted by Gasteiger charge is 2.43. The van der Waals surface area contributed by atoms with E-state index in [9.17, 15) is 4.79 Å². The van der Waals surface area contributed by atoms with Gasteiger partial charge in [-0.1, -0.05) is 36.4 Å². The number of nitrogens with two attached hydrogens (primary N) is 1. The number of hydrogen-bond acceptors (Lipinski definition) is 2. The Hall–Kier alpha value is -2.29. The summed E-state index contributed by atoms with van der Waals surface area (Å²) in [5.41, 5.74) is 9.58. The Morgan fingerprint density at radius 3 is 2.65 bits per heavy atom. The Kier molecular flexibility index (Phi) is 3.18. The lowest BCUT2D eigenvalue weighted by Gasteiger charge is -2.08. The number of anilines is 2. The van der Waals surface area contributed by atoms with Crippen molar-refractivity contribution in [3.8, 4) is 0 Å². The van der Waals surface area contributed by atoms with Crippen molar-refractivity contribution in [1.29, 1.82) is 0 Å². The lowest BCUT2D eigenvalue weighted by Crippen LogP contribution is -2.15. The van der Waals surface area contributed by atoms with Crippen LogP contribution in [0.5, 0.6) is 0 Å². The summed E-state index contributed by atoms with van der Waals surface area (Å²) < 4.78 is 0. The second-order valence-corrected chi connectivity index (χ2v) is 5.44. The minimum absolute atomic E-state index is 0.0643. The van der Waals surface area contributed by atoms with Crippen LogP contribution in [0.15, 0.2) is 48.5 Å². The standard InChI is InChI=1S/C17H18N2O/c1-11-7-8-16(15(18)9-11)19-17(20)14-10-13(14)12-5-3-2-4-6-12/h2-9,13-14H,10,18H2,1H3,(H,19,20). The van der Waals surface area contributed by atoms with Crippen molar-refractivity contribution in [3.05, 3.63) is 59.7 Å². The van der Waals surface area contributed by atoms with Crippen LogP contribution in [0.4, 0.5) is 11.4 Å². The van der Waals surface area contributed by atoms with Crippen LogP contribution >= 0.6 is 0 Å². The van der Waals surface area contributed by atoms with E-state index in [1.54, 1.807) is 0 Å². The largest absolute Gasteiger partial charge is 0.397 e. The van der Waals surface area contributed by atoms with Gasteiger partial charge in [-0.05, 0) is 42.5 Å². The fourth-order valence-electron chi connectivity index (χ4n) is 2.57. The van der Waals surface area contributed by atoms with Crippen LogP contribution in [0.2, 0.25) is 0 Å². The maximum Gasteiger partial charge on any atom is 0.228 e. The van der Waals surface area contributed by atoms with Gasteiger partial charge in [-0.3, -0.25) is 4.79 Å². The quantitative estimate of drug-likeness (QED) is 0.837. The summed E-state index contributed by atoms with van der Waals surface area (Å²) in [5.74, 6) is 0.482. The first-order valence-corrected chi connectivity index (χ1v) is 6.87. The highest BCUT2D eigenvalue weighted by molar-refractivity contribution is 5.97. The molecule has 2 aromatic carbocycles. The molecule has 2 unspecified atom stereocenters. The number of hydrogen-bond donors (Lipinski definition) is 2. The average Bonchev–Trinajstić information content (AvgIpc) is 3.23. The van der Waals surface area contributed by atoms with Crippen LogP contribution in [0.1, 0.15) is 23.5 Å². The molecular formula is C17H18N2O. The number of aryl methyl sites for hydroxylation is 1.